The highest BCUT2D eigenvalue weighted by molar-refractivity contribution is 7.00. The topological polar surface area (TPSA) is 19.6 Å². The quantitative estimate of drug-likeness (QED) is 0.166. The van der Waals surface area contributed by atoms with Gasteiger partial charge < -0.3 is 14.2 Å². The van der Waals surface area contributed by atoms with Gasteiger partial charge in [-0.3, -0.25) is 0 Å². The van der Waals surface area contributed by atoms with Crippen LogP contribution in [0.5, 0.6) is 0 Å². The summed E-state index contributed by atoms with van der Waals surface area (Å²) in [6.45, 7) is 27.0. The van der Waals surface area contributed by atoms with Gasteiger partial charge in [0.25, 0.3) is 6.71 Å². The lowest BCUT2D eigenvalue weighted by Gasteiger charge is -2.43. The van der Waals surface area contributed by atoms with Crippen LogP contribution in [0.2, 0.25) is 0 Å². The molecule has 4 heteroatoms. The maximum Gasteiger partial charge on any atom is 0.297 e. The van der Waals surface area contributed by atoms with Crippen molar-refractivity contribution in [2.75, 3.05) is 9.80 Å². The zero-order chi connectivity index (χ0) is 46.6. The van der Waals surface area contributed by atoms with Crippen LogP contribution in [0, 0.1) is 13.8 Å². The molecule has 3 nitrogen and oxygen atoms in total. The van der Waals surface area contributed by atoms with Crippen LogP contribution in [-0.4, -0.2) is 6.71 Å². The van der Waals surface area contributed by atoms with Crippen molar-refractivity contribution in [3.63, 3.8) is 0 Å². The monoisotopic (exact) mass is 792 g/mol. The molecule has 0 spiro atoms. The zero-order valence-electron chi connectivity index (χ0n) is 42.4. The van der Waals surface area contributed by atoms with Crippen LogP contribution in [-0.2, 0) is 21.7 Å². The van der Waals surface area contributed by atoms with Crippen LogP contribution < -0.4 is 26.4 Å². The van der Waals surface area contributed by atoms with Crippen molar-refractivity contribution in [3.05, 3.63) is 149 Å². The lowest BCUT2D eigenvalue weighted by atomic mass is 9.35. The molecular weight excluding hydrogens is 727 g/mol. The second-order valence-electron chi connectivity index (χ2n) is 21.1. The molecule has 1 aromatic heterocycles. The van der Waals surface area contributed by atoms with Crippen molar-refractivity contribution >= 4 is 68.4 Å². The molecular formula is C56H59BN2O. The summed E-state index contributed by atoms with van der Waals surface area (Å²) in [5, 5.41) is 1.09. The van der Waals surface area contributed by atoms with Crippen molar-refractivity contribution in [3.8, 4) is 11.1 Å². The van der Waals surface area contributed by atoms with E-state index < -0.39 is 6.04 Å². The molecule has 0 saturated heterocycles. The van der Waals surface area contributed by atoms with Gasteiger partial charge in [-0.1, -0.05) is 136 Å². The van der Waals surface area contributed by atoms with Crippen molar-refractivity contribution in [1.82, 2.24) is 0 Å². The first-order valence-corrected chi connectivity index (χ1v) is 21.7. The highest BCUT2D eigenvalue weighted by Gasteiger charge is 2.48. The molecule has 0 radical (unpaired) electrons. The lowest BCUT2D eigenvalue weighted by molar-refractivity contribution is 0.332. The van der Waals surface area contributed by atoms with E-state index >= 15 is 0 Å². The van der Waals surface area contributed by atoms with E-state index in [0.717, 1.165) is 85.6 Å². The Labute approximate surface area is 365 Å². The zero-order valence-corrected chi connectivity index (χ0v) is 37.4. The van der Waals surface area contributed by atoms with Crippen LogP contribution in [0.25, 0.3) is 22.1 Å². The Balaban J connectivity index is 1.33. The molecule has 10 rings (SSSR count). The van der Waals surface area contributed by atoms with E-state index in [0.29, 0.717) is 5.56 Å². The second-order valence-corrected chi connectivity index (χ2v) is 21.1. The van der Waals surface area contributed by atoms with Crippen molar-refractivity contribution in [2.24, 2.45) is 0 Å². The predicted octanol–water partition coefficient (Wildman–Crippen LogP) is 13.7. The first kappa shape index (κ1) is 33.3. The fourth-order valence-electron chi connectivity index (χ4n) is 10.2. The van der Waals surface area contributed by atoms with Crippen LogP contribution in [0.3, 0.4) is 0 Å². The first-order chi connectivity index (χ1) is 30.4. The molecule has 3 heterocycles. The number of hydrogen-bond acceptors (Lipinski definition) is 3. The number of furan rings is 1. The molecule has 302 valence electrons. The van der Waals surface area contributed by atoms with Crippen molar-refractivity contribution in [2.45, 2.75) is 118 Å². The van der Waals surface area contributed by atoms with E-state index in [1.165, 1.54) is 22.3 Å². The second kappa shape index (κ2) is 13.0. The molecule has 0 fully saturated rings. The standard InChI is InChI=1S/C56H59BN2O/c1-34-28-47-50-48(29-34)59(45-25-21-39(30-35(45)2)54(6,7)8)46-31-37(36-16-14-13-15-17-36)18-24-44(46)57(50)52-51(58(47)40-22-19-38(20-23-40)53(3,4)5)41-32-42-43(33-49(41)60-52)56(11,12)27-26-55(42,9)10/h13-25,28-33H,26-27H2,1-12H3/i13D,14D,15D,16D,17D. The van der Waals surface area contributed by atoms with Gasteiger partial charge in [0.15, 0.2) is 0 Å². The van der Waals surface area contributed by atoms with Gasteiger partial charge in [-0.05, 0) is 152 Å². The molecule has 2 aliphatic heterocycles. The van der Waals surface area contributed by atoms with E-state index in [2.05, 4.69) is 166 Å². The maximum atomic E-state index is 9.03. The molecule has 0 saturated carbocycles. The molecule has 0 bridgehead atoms. The first-order valence-electron chi connectivity index (χ1n) is 24.2. The van der Waals surface area contributed by atoms with E-state index in [1.807, 2.05) is 12.1 Å². The van der Waals surface area contributed by atoms with Gasteiger partial charge in [-0.25, -0.2) is 0 Å². The largest absolute Gasteiger partial charge is 0.468 e. The Bertz CT molecular complexity index is 3140. The minimum Gasteiger partial charge on any atom is -0.468 e. The summed E-state index contributed by atoms with van der Waals surface area (Å²) in [5.41, 5.74) is 18.1. The summed E-state index contributed by atoms with van der Waals surface area (Å²) < 4.78 is 51.0. The minimum atomic E-state index is -0.402. The van der Waals surface area contributed by atoms with E-state index in [4.69, 9.17) is 11.3 Å². The molecule has 7 aromatic rings. The number of aryl methyl sites for hydroxylation is 2. The fourth-order valence-corrected chi connectivity index (χ4v) is 10.2. The number of benzene rings is 6. The summed E-state index contributed by atoms with van der Waals surface area (Å²) in [4.78, 5) is 4.79. The summed E-state index contributed by atoms with van der Waals surface area (Å²) in [6.07, 6.45) is 2.19. The lowest BCUT2D eigenvalue weighted by Crippen LogP contribution is -2.61. The number of hydrogen-bond donors (Lipinski definition) is 0. The Morgan fingerprint density at radius 2 is 1.23 bits per heavy atom. The Morgan fingerprint density at radius 3 is 1.87 bits per heavy atom. The summed E-state index contributed by atoms with van der Waals surface area (Å²) >= 11 is 0. The summed E-state index contributed by atoms with van der Waals surface area (Å²) in [5.74, 6) is 0. The van der Waals surface area contributed by atoms with Gasteiger partial charge in [0, 0.05) is 33.8 Å². The van der Waals surface area contributed by atoms with Crippen LogP contribution in [0.4, 0.5) is 34.1 Å². The van der Waals surface area contributed by atoms with E-state index in [-0.39, 0.29) is 58.1 Å². The van der Waals surface area contributed by atoms with Gasteiger partial charge in [0.2, 0.25) is 0 Å². The normalized spacial score (nSPS) is 17.5. The molecule has 0 N–H and O–H groups in total. The highest BCUT2D eigenvalue weighted by atomic mass is 16.3. The molecule has 6 aromatic carbocycles. The third-order valence-electron chi connectivity index (χ3n) is 13.9. The number of anilines is 6. The highest BCUT2D eigenvalue weighted by Crippen LogP contribution is 2.52. The molecule has 60 heavy (non-hydrogen) atoms. The third kappa shape index (κ3) is 5.92. The van der Waals surface area contributed by atoms with Gasteiger partial charge in [0.1, 0.15) is 5.58 Å². The predicted molar refractivity (Wildman–Crippen MR) is 258 cm³/mol. The number of nitrogens with zero attached hydrogens (tertiary/aromatic N) is 2. The average Bonchev–Trinajstić information content (AvgIpc) is 3.61. The van der Waals surface area contributed by atoms with E-state index in [1.54, 1.807) is 0 Å². The SMILES string of the molecule is [2H]c1c([2H])c([2H])c(-c2ccc3c(c2)N(c2ccc(C(C)(C)C)cc2C)c2cc(C)cc4c2B3c2oc3cc5c(cc3c2N4c2ccc(C(C)(C)C)cc2)C(C)(C)CCC5(C)C)c([2H])c1[2H]. The Hall–Kier alpha value is -5.48. The van der Waals surface area contributed by atoms with Gasteiger partial charge in [-0.2, -0.15) is 0 Å². The van der Waals surface area contributed by atoms with Crippen molar-refractivity contribution in [1.29, 1.82) is 0 Å². The van der Waals surface area contributed by atoms with Crippen LogP contribution in [0.15, 0.2) is 120 Å². The molecule has 3 aliphatic rings. The van der Waals surface area contributed by atoms with Gasteiger partial charge in [0.05, 0.1) is 18.2 Å². The molecule has 0 unspecified atom stereocenters. The molecule has 1 aliphatic carbocycles. The Kier molecular flexibility index (Phi) is 7.22. The number of fused-ring (bicyclic) bond motifs is 7. The minimum absolute atomic E-state index is 0.0137. The van der Waals surface area contributed by atoms with Crippen molar-refractivity contribution < 1.29 is 11.3 Å². The molecule has 0 atom stereocenters. The van der Waals surface area contributed by atoms with Gasteiger partial charge >= 0.3 is 0 Å². The fraction of sp³-hybridized carbons (Fsp3) is 0.321. The Morgan fingerprint density at radius 1 is 0.617 bits per heavy atom. The van der Waals surface area contributed by atoms with E-state index in [9.17, 15) is 0 Å². The number of rotatable bonds is 3. The summed E-state index contributed by atoms with van der Waals surface area (Å²) in [6, 6.07) is 29.7. The molecule has 0 amide bonds. The van der Waals surface area contributed by atoms with Gasteiger partial charge in [-0.15, -0.1) is 0 Å². The third-order valence-corrected chi connectivity index (χ3v) is 13.9. The van der Waals surface area contributed by atoms with Crippen LogP contribution >= 0.6 is 0 Å². The van der Waals surface area contributed by atoms with Crippen LogP contribution in [0.1, 0.15) is 122 Å². The summed E-state index contributed by atoms with van der Waals surface area (Å²) in [7, 11) is 0. The maximum absolute atomic E-state index is 9.03. The smallest absolute Gasteiger partial charge is 0.297 e. The average molecular weight is 792 g/mol.